The topological polar surface area (TPSA) is 97.3 Å². The number of hydrogen-bond acceptors (Lipinski definition) is 6. The summed E-state index contributed by atoms with van der Waals surface area (Å²) in [5.74, 6) is -0.309. The molecule has 1 aromatic heterocycles. The number of rotatable bonds is 4. The summed E-state index contributed by atoms with van der Waals surface area (Å²) >= 11 is 1.19. The van der Waals surface area contributed by atoms with Gasteiger partial charge in [0.15, 0.2) is 5.82 Å². The van der Waals surface area contributed by atoms with Crippen LogP contribution < -0.4 is 16.8 Å². The molecule has 1 fully saturated rings. The number of piperidine rings is 1. The molecule has 1 amide bonds. The Balaban J connectivity index is 2.01. The second-order valence-corrected chi connectivity index (χ2v) is 6.38. The third-order valence-electron chi connectivity index (χ3n) is 3.83. The lowest BCUT2D eigenvalue weighted by molar-refractivity contribution is 0.100. The maximum atomic E-state index is 11.3. The van der Waals surface area contributed by atoms with Crippen molar-refractivity contribution >= 4 is 28.3 Å². The van der Waals surface area contributed by atoms with Crippen molar-refractivity contribution < 1.29 is 4.79 Å². The maximum absolute atomic E-state index is 11.3. The van der Waals surface area contributed by atoms with E-state index in [1.165, 1.54) is 11.5 Å². The van der Waals surface area contributed by atoms with Gasteiger partial charge in [-0.05, 0) is 49.9 Å². The fraction of sp³-hybridized carbons (Fsp3) is 0.667. The number of hydrogen-bond donors (Lipinski definition) is 3. The second-order valence-electron chi connectivity index (χ2n) is 5.60. The summed E-state index contributed by atoms with van der Waals surface area (Å²) in [7, 11) is 2.14. The lowest BCUT2D eigenvalue weighted by Gasteiger charge is -2.38. The molecule has 2 heterocycles. The van der Waals surface area contributed by atoms with Gasteiger partial charge in [0.25, 0.3) is 5.91 Å². The van der Waals surface area contributed by atoms with E-state index < -0.39 is 5.91 Å². The molecule has 1 saturated heterocycles. The van der Waals surface area contributed by atoms with Gasteiger partial charge in [0.1, 0.15) is 10.6 Å². The Labute approximate surface area is 117 Å². The second kappa shape index (κ2) is 5.34. The summed E-state index contributed by atoms with van der Waals surface area (Å²) in [6.07, 6.45) is 2.27. The summed E-state index contributed by atoms with van der Waals surface area (Å²) in [6.45, 7) is 5.28. The molecule has 1 aliphatic heterocycles. The number of nitrogen functional groups attached to an aromatic ring is 1. The number of nitrogens with one attached hydrogen (secondary N) is 1. The van der Waals surface area contributed by atoms with Crippen molar-refractivity contribution in [3.8, 4) is 0 Å². The van der Waals surface area contributed by atoms with Crippen molar-refractivity contribution in [3.63, 3.8) is 0 Å². The first-order valence-electron chi connectivity index (χ1n) is 6.39. The van der Waals surface area contributed by atoms with Crippen LogP contribution in [0.25, 0.3) is 0 Å². The van der Waals surface area contributed by atoms with Crippen LogP contribution in [0.15, 0.2) is 0 Å². The molecule has 6 nitrogen and oxygen atoms in total. The highest BCUT2D eigenvalue weighted by molar-refractivity contribution is 7.11. The van der Waals surface area contributed by atoms with E-state index in [0.717, 1.165) is 32.5 Å². The van der Waals surface area contributed by atoms with Crippen LogP contribution in [0.4, 0.5) is 10.8 Å². The van der Waals surface area contributed by atoms with Crippen molar-refractivity contribution in [1.82, 2.24) is 9.27 Å². The van der Waals surface area contributed by atoms with Crippen molar-refractivity contribution in [1.29, 1.82) is 0 Å². The number of amides is 1. The molecular formula is C12H21N5OS. The number of nitrogens with two attached hydrogens (primary N) is 2. The molecule has 0 saturated carbocycles. The van der Waals surface area contributed by atoms with Crippen LogP contribution >= 0.6 is 11.5 Å². The van der Waals surface area contributed by atoms with Crippen molar-refractivity contribution in [2.45, 2.75) is 19.8 Å². The minimum Gasteiger partial charge on any atom is -0.382 e. The van der Waals surface area contributed by atoms with E-state index in [9.17, 15) is 4.79 Å². The molecule has 0 aliphatic carbocycles. The van der Waals surface area contributed by atoms with Crippen LogP contribution in [0, 0.1) is 5.41 Å². The van der Waals surface area contributed by atoms with E-state index in [1.54, 1.807) is 0 Å². The largest absolute Gasteiger partial charge is 0.382 e. The molecule has 7 heteroatoms. The zero-order valence-corrected chi connectivity index (χ0v) is 12.2. The van der Waals surface area contributed by atoms with E-state index in [2.05, 4.69) is 28.6 Å². The van der Waals surface area contributed by atoms with Crippen LogP contribution in [0.5, 0.6) is 0 Å². The van der Waals surface area contributed by atoms with Gasteiger partial charge in [-0.2, -0.15) is 4.37 Å². The van der Waals surface area contributed by atoms with Crippen molar-refractivity contribution in [2.24, 2.45) is 11.1 Å². The molecular weight excluding hydrogens is 262 g/mol. The van der Waals surface area contributed by atoms with Crippen molar-refractivity contribution in [2.75, 3.05) is 37.7 Å². The summed E-state index contributed by atoms with van der Waals surface area (Å²) in [5, 5.41) is 3.98. The third kappa shape index (κ3) is 3.16. The number of carbonyl (C=O) groups is 1. The van der Waals surface area contributed by atoms with E-state index in [0.29, 0.717) is 10.6 Å². The predicted molar refractivity (Wildman–Crippen MR) is 78.4 cm³/mol. The predicted octanol–water partition coefficient (Wildman–Crippen LogP) is 0.968. The Bertz CT molecular complexity index is 465. The maximum Gasteiger partial charge on any atom is 0.255 e. The van der Waals surface area contributed by atoms with Gasteiger partial charge < -0.3 is 21.7 Å². The van der Waals surface area contributed by atoms with Crippen LogP contribution in [0.2, 0.25) is 0 Å². The Morgan fingerprint density at radius 3 is 2.74 bits per heavy atom. The molecule has 0 aromatic carbocycles. The van der Waals surface area contributed by atoms with Gasteiger partial charge >= 0.3 is 0 Å². The quantitative estimate of drug-likeness (QED) is 0.765. The molecule has 0 bridgehead atoms. The number of primary amides is 1. The molecule has 5 N–H and O–H groups in total. The molecule has 1 aliphatic rings. The lowest BCUT2D eigenvalue weighted by atomic mass is 9.80. The zero-order chi connectivity index (χ0) is 14.0. The van der Waals surface area contributed by atoms with Crippen LogP contribution in [0.3, 0.4) is 0 Å². The zero-order valence-electron chi connectivity index (χ0n) is 11.4. The molecule has 19 heavy (non-hydrogen) atoms. The Morgan fingerprint density at radius 2 is 2.16 bits per heavy atom. The molecule has 0 spiro atoms. The summed E-state index contributed by atoms with van der Waals surface area (Å²) < 4.78 is 3.98. The first-order chi connectivity index (χ1) is 8.91. The standard InChI is InChI=1S/C12H21N5OS/c1-12(3-5-17(2)6-4-12)7-15-11-8(10(14)18)9(13)16-19-11/h15H,3-7H2,1-2H3,(H2,13,16)(H2,14,18). The minimum atomic E-state index is -0.526. The highest BCUT2D eigenvalue weighted by atomic mass is 32.1. The van der Waals surface area contributed by atoms with Crippen molar-refractivity contribution in [3.05, 3.63) is 5.56 Å². The number of carbonyl (C=O) groups excluding carboxylic acids is 1. The number of anilines is 2. The Morgan fingerprint density at radius 1 is 1.53 bits per heavy atom. The van der Waals surface area contributed by atoms with Crippen LogP contribution in [-0.2, 0) is 0 Å². The van der Waals surface area contributed by atoms with Crippen LogP contribution in [-0.4, -0.2) is 41.9 Å². The lowest BCUT2D eigenvalue weighted by Crippen LogP contribution is -2.40. The molecule has 106 valence electrons. The fourth-order valence-corrected chi connectivity index (χ4v) is 3.00. The highest BCUT2D eigenvalue weighted by Crippen LogP contribution is 2.33. The smallest absolute Gasteiger partial charge is 0.255 e. The fourth-order valence-electron chi connectivity index (χ4n) is 2.29. The number of nitrogens with zero attached hydrogens (tertiary/aromatic N) is 2. The molecule has 0 radical (unpaired) electrons. The van der Waals surface area contributed by atoms with Gasteiger partial charge in [0.2, 0.25) is 0 Å². The van der Waals surface area contributed by atoms with Crippen LogP contribution in [0.1, 0.15) is 30.1 Å². The van der Waals surface area contributed by atoms with E-state index >= 15 is 0 Å². The highest BCUT2D eigenvalue weighted by Gasteiger charge is 2.29. The normalized spacial score (nSPS) is 19.3. The summed E-state index contributed by atoms with van der Waals surface area (Å²) in [6, 6.07) is 0. The Hall–Kier alpha value is -1.34. The first-order valence-corrected chi connectivity index (χ1v) is 7.16. The minimum absolute atomic E-state index is 0.216. The third-order valence-corrected chi connectivity index (χ3v) is 4.65. The van der Waals surface area contributed by atoms with Gasteiger partial charge in [-0.15, -0.1) is 0 Å². The van der Waals surface area contributed by atoms with Gasteiger partial charge in [0, 0.05) is 6.54 Å². The average molecular weight is 283 g/mol. The summed E-state index contributed by atoms with van der Waals surface area (Å²) in [5.41, 5.74) is 11.5. The van der Waals surface area contributed by atoms with Gasteiger partial charge in [-0.3, -0.25) is 4.79 Å². The van der Waals surface area contributed by atoms with E-state index in [-0.39, 0.29) is 11.2 Å². The van der Waals surface area contributed by atoms with E-state index in [1.807, 2.05) is 0 Å². The molecule has 0 unspecified atom stereocenters. The van der Waals surface area contributed by atoms with Gasteiger partial charge in [-0.1, -0.05) is 6.92 Å². The van der Waals surface area contributed by atoms with Gasteiger partial charge in [-0.25, -0.2) is 0 Å². The molecule has 0 atom stereocenters. The van der Waals surface area contributed by atoms with Gasteiger partial charge in [0.05, 0.1) is 0 Å². The first kappa shape index (κ1) is 14.1. The molecule has 2 rings (SSSR count). The molecule has 1 aromatic rings. The monoisotopic (exact) mass is 283 g/mol. The average Bonchev–Trinajstić information content (AvgIpc) is 2.72. The number of likely N-dealkylation sites (tertiary alicyclic amines) is 1. The SMILES string of the molecule is CN1CCC(C)(CNc2snc(N)c2C(N)=O)CC1. The number of aromatic nitrogens is 1. The summed E-state index contributed by atoms with van der Waals surface area (Å²) in [4.78, 5) is 13.7. The Kier molecular flexibility index (Phi) is 3.96. The van der Waals surface area contributed by atoms with E-state index in [4.69, 9.17) is 11.5 Å².